The molecular weight excluding hydrogens is 991 g/mol. The van der Waals surface area contributed by atoms with Gasteiger partial charge in [-0.15, -0.1) is 21.9 Å². The third-order valence-corrected chi connectivity index (χ3v) is 10.6. The van der Waals surface area contributed by atoms with E-state index in [0.717, 1.165) is 5.75 Å². The Morgan fingerprint density at radius 2 is 0.786 bits per heavy atom. The second-order valence-electron chi connectivity index (χ2n) is 15.0. The minimum absolute atomic E-state index is 0.0454. The molecule has 1 heterocycles. The molecule has 7 rings (SSSR count). The Kier molecular flexibility index (Phi) is 14.7. The fraction of sp³-hybridized carbons (Fsp3) is 0.0889. The van der Waals surface area contributed by atoms with Crippen molar-refractivity contribution in [2.45, 2.75) is 26.3 Å². The predicted molar refractivity (Wildman–Crippen MR) is 205 cm³/mol. The van der Waals surface area contributed by atoms with E-state index in [1.54, 1.807) is 23.2 Å². The van der Waals surface area contributed by atoms with Crippen LogP contribution in [-0.4, -0.2) is 16.9 Å². The van der Waals surface area contributed by atoms with Crippen LogP contribution in [-0.2, 0) is 6.54 Å². The lowest BCUT2D eigenvalue weighted by Crippen LogP contribution is -2.81. The number of aromatic nitrogens is 2. The van der Waals surface area contributed by atoms with Gasteiger partial charge in [-0.05, 0) is 23.6 Å². The SMILES string of the molecule is CC(C)c1ccc(Oc2c[n+](CC(=O)c3ccccc3)ccn2)cc1.Fc1c(F)c(F)c([B-](c2c(F)c(F)c(F)c(F)c2F)(c2c(F)c(F)c(F)c(F)c2F)c2c(F)c(F)c(F)c(F)c2F)c(F)c1F. The van der Waals surface area contributed by atoms with Crippen molar-refractivity contribution in [1.29, 1.82) is 0 Å². The Bertz CT molecular complexity index is 2830. The first-order valence-corrected chi connectivity index (χ1v) is 19.3. The quantitative estimate of drug-likeness (QED) is 0.0343. The van der Waals surface area contributed by atoms with Crippen LogP contribution >= 0.6 is 0 Å². The Morgan fingerprint density at radius 1 is 0.471 bits per heavy atom. The van der Waals surface area contributed by atoms with Crippen LogP contribution in [0.5, 0.6) is 11.6 Å². The Morgan fingerprint density at radius 3 is 1.10 bits per heavy atom. The molecule has 0 aliphatic rings. The van der Waals surface area contributed by atoms with Gasteiger partial charge >= 0.3 is 0 Å². The summed E-state index contributed by atoms with van der Waals surface area (Å²) in [6.07, 6.45) is -2.09. The number of carbonyl (C=O) groups is 1. The molecule has 0 aliphatic heterocycles. The first-order chi connectivity index (χ1) is 32.8. The number of rotatable bonds is 10. The van der Waals surface area contributed by atoms with E-state index in [0.29, 0.717) is 17.4 Å². The van der Waals surface area contributed by atoms with Crippen LogP contribution in [0.2, 0.25) is 0 Å². The molecule has 366 valence electrons. The van der Waals surface area contributed by atoms with Gasteiger partial charge in [-0.3, -0.25) is 4.79 Å². The molecule has 0 saturated heterocycles. The molecule has 7 aromatic rings. The van der Waals surface area contributed by atoms with Crippen LogP contribution in [0.3, 0.4) is 0 Å². The highest BCUT2D eigenvalue weighted by atomic mass is 19.2. The molecule has 25 heteroatoms. The highest BCUT2D eigenvalue weighted by Crippen LogP contribution is 2.31. The lowest BCUT2D eigenvalue weighted by molar-refractivity contribution is -0.683. The second-order valence-corrected chi connectivity index (χ2v) is 15.0. The van der Waals surface area contributed by atoms with Crippen molar-refractivity contribution < 1.29 is 102 Å². The molecule has 0 spiro atoms. The normalized spacial score (nSPS) is 11.5. The van der Waals surface area contributed by atoms with Crippen molar-refractivity contribution in [3.8, 4) is 11.6 Å². The number of nitrogens with zero attached hydrogens (tertiary/aromatic N) is 2. The summed E-state index contributed by atoms with van der Waals surface area (Å²) in [6.45, 7) is 4.55. The van der Waals surface area contributed by atoms with Gasteiger partial charge in [0.15, 0.2) is 76.0 Å². The van der Waals surface area contributed by atoms with E-state index < -0.39 is 144 Å². The lowest BCUT2D eigenvalue weighted by atomic mass is 9.12. The summed E-state index contributed by atoms with van der Waals surface area (Å²) < 4.78 is 302. The van der Waals surface area contributed by atoms with Crippen molar-refractivity contribution in [3.05, 3.63) is 201 Å². The van der Waals surface area contributed by atoms with Crippen LogP contribution in [0, 0.1) is 116 Å². The van der Waals surface area contributed by atoms with E-state index >= 15 is 35.1 Å². The first-order valence-electron chi connectivity index (χ1n) is 19.3. The van der Waals surface area contributed by atoms with Crippen molar-refractivity contribution >= 4 is 33.8 Å². The number of benzene rings is 6. The molecule has 0 saturated carbocycles. The van der Waals surface area contributed by atoms with Gasteiger partial charge in [-0.2, -0.15) is 4.57 Å². The number of carbonyl (C=O) groups excluding carboxylic acids is 1. The molecule has 0 amide bonds. The second kappa shape index (κ2) is 19.9. The number of ether oxygens (including phenoxy) is 1. The number of hydrogen-bond acceptors (Lipinski definition) is 3. The van der Waals surface area contributed by atoms with Gasteiger partial charge in [0.1, 0.15) is 58.4 Å². The standard InChI is InChI=1S/C24BF20.C21H21N2O2/c26-5-1(6(27)14(35)21(42)13(5)34)25(2-7(28)15(36)22(43)16(37)8(2)29,3-9(30)17(38)23(44)18(39)10(3)31)4-11(32)19(40)24(45)20(41)12(4)33;1-16(2)17-8-10-19(11-9-17)25-21-15-23(13-12-22-21)14-20(24)18-6-4-3-5-7-18/h;3-13,15-16H,14H2,1-2H3/q-1;+1. The maximum Gasteiger partial charge on any atom is 0.285 e. The van der Waals surface area contributed by atoms with Gasteiger partial charge in [0, 0.05) is 5.56 Å². The zero-order valence-electron chi connectivity index (χ0n) is 34.6. The third-order valence-electron chi connectivity index (χ3n) is 10.6. The molecule has 0 N–H and O–H groups in total. The maximum atomic E-state index is 15.4. The fourth-order valence-corrected chi connectivity index (χ4v) is 7.36. The maximum absolute atomic E-state index is 15.4. The summed E-state index contributed by atoms with van der Waals surface area (Å²) in [5, 5.41) is 0. The summed E-state index contributed by atoms with van der Waals surface area (Å²) >= 11 is 0. The Labute approximate surface area is 378 Å². The largest absolute Gasteiger partial charge is 0.434 e. The van der Waals surface area contributed by atoms with Gasteiger partial charge in [-0.25, -0.2) is 92.8 Å². The number of Topliss-reactive ketones (excluding diaryl/α,β-unsaturated/α-hetero) is 1. The molecule has 0 fully saturated rings. The molecule has 70 heavy (non-hydrogen) atoms. The molecule has 0 aliphatic carbocycles. The summed E-state index contributed by atoms with van der Waals surface area (Å²) in [4.78, 5) is 16.5. The predicted octanol–water partition coefficient (Wildman–Crippen LogP) is 10.0. The van der Waals surface area contributed by atoms with Crippen LogP contribution in [0.15, 0.2) is 73.2 Å². The molecular formula is C45H21BF20N2O2. The fourth-order valence-electron chi connectivity index (χ4n) is 7.36. The van der Waals surface area contributed by atoms with Crippen LogP contribution in [0.25, 0.3) is 0 Å². The van der Waals surface area contributed by atoms with Crippen molar-refractivity contribution in [3.63, 3.8) is 0 Å². The zero-order chi connectivity index (χ0) is 52.0. The van der Waals surface area contributed by atoms with E-state index in [9.17, 15) is 57.5 Å². The van der Waals surface area contributed by atoms with E-state index in [4.69, 9.17) is 4.74 Å². The zero-order valence-corrected chi connectivity index (χ0v) is 34.6. The molecule has 4 nitrogen and oxygen atoms in total. The average Bonchev–Trinajstić information content (AvgIpc) is 3.34. The van der Waals surface area contributed by atoms with E-state index in [-0.39, 0.29) is 12.3 Å². The highest BCUT2D eigenvalue weighted by Gasteiger charge is 2.52. The molecule has 0 atom stereocenters. The lowest BCUT2D eigenvalue weighted by Gasteiger charge is -2.44. The van der Waals surface area contributed by atoms with Gasteiger partial charge in [-0.1, -0.05) is 56.3 Å². The molecule has 0 unspecified atom stereocenters. The van der Waals surface area contributed by atoms with Gasteiger partial charge in [0.25, 0.3) is 5.88 Å². The number of halogens is 20. The Hall–Kier alpha value is -7.47. The van der Waals surface area contributed by atoms with E-state index in [2.05, 4.69) is 31.0 Å². The van der Waals surface area contributed by atoms with Crippen molar-refractivity contribution in [1.82, 2.24) is 4.98 Å². The molecule has 0 bridgehead atoms. The van der Waals surface area contributed by atoms with Gasteiger partial charge in [0.2, 0.25) is 18.5 Å². The monoisotopic (exact) mass is 1010 g/mol. The summed E-state index contributed by atoms with van der Waals surface area (Å²) in [5.41, 5.74) is -12.4. The van der Waals surface area contributed by atoms with Crippen LogP contribution in [0.1, 0.15) is 35.7 Å². The van der Waals surface area contributed by atoms with Gasteiger partial charge in [0.05, 0.1) is 6.20 Å². The average molecular weight is 1010 g/mol. The van der Waals surface area contributed by atoms with Crippen LogP contribution < -0.4 is 31.2 Å². The van der Waals surface area contributed by atoms with E-state index in [1.807, 2.05) is 42.5 Å². The minimum atomic E-state index is -7.22. The Balaban J connectivity index is 0.000000270. The molecule has 6 aromatic carbocycles. The molecule has 0 radical (unpaired) electrons. The van der Waals surface area contributed by atoms with Gasteiger partial charge < -0.3 is 4.74 Å². The number of ketones is 1. The third kappa shape index (κ3) is 8.76. The highest BCUT2D eigenvalue weighted by molar-refractivity contribution is 7.20. The summed E-state index contributed by atoms with van der Waals surface area (Å²) in [5.74, 6) is -69.7. The number of hydrogen-bond donors (Lipinski definition) is 0. The summed E-state index contributed by atoms with van der Waals surface area (Å²) in [7, 11) is 0. The summed E-state index contributed by atoms with van der Waals surface area (Å²) in [6, 6.07) is 17.2. The smallest absolute Gasteiger partial charge is 0.285 e. The van der Waals surface area contributed by atoms with Crippen molar-refractivity contribution in [2.24, 2.45) is 0 Å². The topological polar surface area (TPSA) is 43.1 Å². The first kappa shape index (κ1) is 51.9. The molecule has 1 aromatic heterocycles. The minimum Gasteiger partial charge on any atom is -0.434 e. The van der Waals surface area contributed by atoms with E-state index in [1.165, 1.54) is 5.56 Å². The van der Waals surface area contributed by atoms with Crippen LogP contribution in [0.4, 0.5) is 87.8 Å². The van der Waals surface area contributed by atoms with Crippen molar-refractivity contribution in [2.75, 3.05) is 0 Å².